The van der Waals surface area contributed by atoms with Crippen molar-refractivity contribution in [3.63, 3.8) is 0 Å². The summed E-state index contributed by atoms with van der Waals surface area (Å²) in [6.07, 6.45) is 0. The smallest absolute Gasteiger partial charge is 0.254 e. The average Bonchev–Trinajstić information content (AvgIpc) is 2.37. The van der Waals surface area contributed by atoms with Gasteiger partial charge in [-0.1, -0.05) is 24.4 Å². The quantitative estimate of drug-likeness (QED) is 0.814. The van der Waals surface area contributed by atoms with Crippen LogP contribution < -0.4 is 5.73 Å². The Bertz CT molecular complexity index is 497. The van der Waals surface area contributed by atoms with E-state index in [2.05, 4.69) is 0 Å². The van der Waals surface area contributed by atoms with Gasteiger partial charge in [0.25, 0.3) is 5.91 Å². The van der Waals surface area contributed by atoms with Gasteiger partial charge in [-0.3, -0.25) is 9.59 Å². The van der Waals surface area contributed by atoms with E-state index in [0.717, 1.165) is 0 Å². The summed E-state index contributed by atoms with van der Waals surface area (Å²) in [6.45, 7) is 0.0445. The van der Waals surface area contributed by atoms with Crippen LogP contribution in [0.25, 0.3) is 0 Å². The number of amides is 2. The summed E-state index contributed by atoms with van der Waals surface area (Å²) in [5.41, 5.74) is 6.69. The second-order valence-corrected chi connectivity index (χ2v) is 4.83. The molecule has 6 heteroatoms. The fraction of sp³-hybridized carbons (Fsp3) is 0.308. The number of thiocarbonyl (C=S) groups is 1. The van der Waals surface area contributed by atoms with Crippen LogP contribution in [-0.2, 0) is 4.79 Å². The molecule has 0 aliphatic heterocycles. The largest absolute Gasteiger partial charge is 0.389 e. The molecular weight excluding hydrogens is 262 g/mol. The number of rotatable bonds is 4. The lowest BCUT2D eigenvalue weighted by Gasteiger charge is -2.19. The number of carbonyl (C=O) groups excluding carboxylic acids is 2. The molecule has 0 saturated carbocycles. The maximum atomic E-state index is 12.1. The Kier molecular flexibility index (Phi) is 5.00. The zero-order chi connectivity index (χ0) is 14.6. The van der Waals surface area contributed by atoms with Gasteiger partial charge in [0.15, 0.2) is 0 Å². The van der Waals surface area contributed by atoms with Crippen molar-refractivity contribution < 1.29 is 9.59 Å². The number of hydrogen-bond donors (Lipinski definition) is 1. The Balaban J connectivity index is 2.77. The molecule has 0 atom stereocenters. The van der Waals surface area contributed by atoms with Crippen molar-refractivity contribution in [2.45, 2.75) is 0 Å². The summed E-state index contributed by atoms with van der Waals surface area (Å²) >= 11 is 4.84. The van der Waals surface area contributed by atoms with Crippen molar-refractivity contribution in [1.29, 1.82) is 0 Å². The standard InChI is InChI=1S/C13H17N3O2S/c1-15(2)11(17)8-16(3)13(18)10-6-4-9(5-7-10)12(14)19/h4-7H,8H2,1-3H3,(H2,14,19). The first kappa shape index (κ1) is 15.1. The molecule has 1 aromatic rings. The third kappa shape index (κ3) is 4.03. The van der Waals surface area contributed by atoms with Crippen LogP contribution in [0.4, 0.5) is 0 Å². The Morgan fingerprint density at radius 1 is 1.11 bits per heavy atom. The van der Waals surface area contributed by atoms with Crippen LogP contribution >= 0.6 is 12.2 Å². The first-order chi connectivity index (χ1) is 8.82. The minimum atomic E-state index is -0.218. The van der Waals surface area contributed by atoms with Crippen LogP contribution in [0.1, 0.15) is 15.9 Å². The summed E-state index contributed by atoms with van der Waals surface area (Å²) in [6, 6.07) is 6.68. The summed E-state index contributed by atoms with van der Waals surface area (Å²) in [4.78, 5) is 26.7. The zero-order valence-electron chi connectivity index (χ0n) is 11.2. The Morgan fingerprint density at radius 2 is 1.58 bits per heavy atom. The minimum absolute atomic E-state index is 0.0445. The van der Waals surface area contributed by atoms with E-state index in [0.29, 0.717) is 11.1 Å². The minimum Gasteiger partial charge on any atom is -0.389 e. The maximum absolute atomic E-state index is 12.1. The number of carbonyl (C=O) groups is 2. The molecule has 0 fully saturated rings. The number of nitrogens with zero attached hydrogens (tertiary/aromatic N) is 2. The van der Waals surface area contributed by atoms with E-state index < -0.39 is 0 Å². The molecule has 0 saturated heterocycles. The maximum Gasteiger partial charge on any atom is 0.254 e. The fourth-order valence-electron chi connectivity index (χ4n) is 1.41. The van der Waals surface area contributed by atoms with Gasteiger partial charge in [-0.05, 0) is 12.1 Å². The van der Waals surface area contributed by atoms with Crippen molar-refractivity contribution in [2.24, 2.45) is 5.73 Å². The van der Waals surface area contributed by atoms with Crippen molar-refractivity contribution in [1.82, 2.24) is 9.80 Å². The highest BCUT2D eigenvalue weighted by Gasteiger charge is 2.15. The van der Waals surface area contributed by atoms with Crippen LogP contribution in [0, 0.1) is 0 Å². The predicted molar refractivity (Wildman–Crippen MR) is 78.0 cm³/mol. The van der Waals surface area contributed by atoms with Crippen molar-refractivity contribution in [2.75, 3.05) is 27.7 Å². The van der Waals surface area contributed by atoms with Crippen LogP contribution in [0.2, 0.25) is 0 Å². The lowest BCUT2D eigenvalue weighted by Crippen LogP contribution is -2.37. The molecule has 0 aliphatic rings. The number of hydrogen-bond acceptors (Lipinski definition) is 3. The third-order valence-corrected chi connectivity index (χ3v) is 2.87. The number of nitrogens with two attached hydrogens (primary N) is 1. The molecule has 1 aromatic carbocycles. The van der Waals surface area contributed by atoms with Crippen molar-refractivity contribution >= 4 is 29.0 Å². The monoisotopic (exact) mass is 279 g/mol. The summed E-state index contributed by atoms with van der Waals surface area (Å²) < 4.78 is 0. The SMILES string of the molecule is CN(C)C(=O)CN(C)C(=O)c1ccc(C(N)=S)cc1. The molecule has 5 nitrogen and oxygen atoms in total. The van der Waals surface area contributed by atoms with Gasteiger partial charge in [-0.15, -0.1) is 0 Å². The molecule has 2 N–H and O–H groups in total. The van der Waals surface area contributed by atoms with Crippen molar-refractivity contribution in [3.05, 3.63) is 35.4 Å². The van der Waals surface area contributed by atoms with Gasteiger partial charge in [0.1, 0.15) is 4.99 Å². The van der Waals surface area contributed by atoms with Gasteiger partial charge in [0.2, 0.25) is 5.91 Å². The van der Waals surface area contributed by atoms with E-state index in [1.165, 1.54) is 9.80 Å². The molecular formula is C13H17N3O2S. The highest BCUT2D eigenvalue weighted by atomic mass is 32.1. The number of likely N-dealkylation sites (N-methyl/N-ethyl adjacent to an activating group) is 2. The van der Waals surface area contributed by atoms with Gasteiger partial charge in [0.05, 0.1) is 6.54 Å². The first-order valence-electron chi connectivity index (χ1n) is 5.68. The molecule has 0 heterocycles. The highest BCUT2D eigenvalue weighted by molar-refractivity contribution is 7.80. The fourth-order valence-corrected chi connectivity index (χ4v) is 1.55. The first-order valence-corrected chi connectivity index (χ1v) is 6.09. The Hall–Kier alpha value is -1.95. The lowest BCUT2D eigenvalue weighted by atomic mass is 10.1. The van der Waals surface area contributed by atoms with E-state index in [4.69, 9.17) is 18.0 Å². The Labute approximate surface area is 118 Å². The van der Waals surface area contributed by atoms with Gasteiger partial charge in [-0.25, -0.2) is 0 Å². The van der Waals surface area contributed by atoms with Crippen LogP contribution in [-0.4, -0.2) is 54.3 Å². The molecule has 0 aliphatic carbocycles. The Morgan fingerprint density at radius 3 is 2.00 bits per heavy atom. The lowest BCUT2D eigenvalue weighted by molar-refractivity contribution is -0.129. The second-order valence-electron chi connectivity index (χ2n) is 4.39. The second kappa shape index (κ2) is 6.29. The molecule has 0 radical (unpaired) electrons. The van der Waals surface area contributed by atoms with Crippen molar-refractivity contribution in [3.8, 4) is 0 Å². The van der Waals surface area contributed by atoms with Gasteiger partial charge < -0.3 is 15.5 Å². The van der Waals surface area contributed by atoms with Crippen LogP contribution in [0.15, 0.2) is 24.3 Å². The summed E-state index contributed by atoms with van der Waals surface area (Å²) in [7, 11) is 4.89. The van der Waals surface area contributed by atoms with Crippen LogP contribution in [0.5, 0.6) is 0 Å². The van der Waals surface area contributed by atoms with E-state index in [9.17, 15) is 9.59 Å². The highest BCUT2D eigenvalue weighted by Crippen LogP contribution is 2.07. The zero-order valence-corrected chi connectivity index (χ0v) is 12.0. The summed E-state index contributed by atoms with van der Waals surface area (Å²) in [5, 5.41) is 0. The molecule has 0 spiro atoms. The van der Waals surface area contributed by atoms with Gasteiger partial charge >= 0.3 is 0 Å². The van der Waals surface area contributed by atoms with Gasteiger partial charge in [0, 0.05) is 32.3 Å². The van der Waals surface area contributed by atoms with E-state index >= 15 is 0 Å². The topological polar surface area (TPSA) is 66.6 Å². The number of benzene rings is 1. The molecule has 19 heavy (non-hydrogen) atoms. The molecule has 102 valence electrons. The van der Waals surface area contributed by atoms with Gasteiger partial charge in [-0.2, -0.15) is 0 Å². The molecule has 2 amide bonds. The predicted octanol–water partition coefficient (Wildman–Crippen LogP) is 0.481. The normalized spacial score (nSPS) is 9.84. The van der Waals surface area contributed by atoms with E-state index in [1.807, 2.05) is 0 Å². The average molecular weight is 279 g/mol. The third-order valence-electron chi connectivity index (χ3n) is 2.63. The van der Waals surface area contributed by atoms with E-state index in [1.54, 1.807) is 45.4 Å². The van der Waals surface area contributed by atoms with Crippen LogP contribution in [0.3, 0.4) is 0 Å². The molecule has 0 unspecified atom stereocenters. The summed E-state index contributed by atoms with van der Waals surface area (Å²) in [5.74, 6) is -0.347. The molecule has 0 bridgehead atoms. The molecule has 1 rings (SSSR count). The van der Waals surface area contributed by atoms with E-state index in [-0.39, 0.29) is 23.3 Å². The molecule has 0 aromatic heterocycles.